The summed E-state index contributed by atoms with van der Waals surface area (Å²) in [7, 11) is 0. The molecule has 21 heavy (non-hydrogen) atoms. The Balaban J connectivity index is 2.03. The molecule has 1 heterocycles. The highest BCUT2D eigenvalue weighted by atomic mass is 16.2. The van der Waals surface area contributed by atoms with E-state index < -0.39 is 0 Å². The van der Waals surface area contributed by atoms with Crippen LogP contribution < -0.4 is 10.6 Å². The molecule has 0 unspecified atom stereocenters. The smallest absolute Gasteiger partial charge is 0.242 e. The van der Waals surface area contributed by atoms with E-state index in [1.807, 2.05) is 0 Å². The van der Waals surface area contributed by atoms with Crippen LogP contribution in [-0.4, -0.2) is 24.4 Å². The Hall–Kier alpha value is -1.50. The van der Waals surface area contributed by atoms with Gasteiger partial charge >= 0.3 is 0 Å². The molecule has 1 aliphatic rings. The lowest BCUT2D eigenvalue weighted by Crippen LogP contribution is -2.45. The summed E-state index contributed by atoms with van der Waals surface area (Å²) in [4.78, 5) is 23.5. The summed E-state index contributed by atoms with van der Waals surface area (Å²) in [5.74, 6) is 2.62. The fourth-order valence-electron chi connectivity index (χ4n) is 2.56. The summed E-state index contributed by atoms with van der Waals surface area (Å²) < 4.78 is 0. The lowest BCUT2D eigenvalue weighted by molar-refractivity contribution is -0.128. The van der Waals surface area contributed by atoms with E-state index in [1.165, 1.54) is 12.8 Å². The number of amides is 2. The third kappa shape index (κ3) is 8.39. The van der Waals surface area contributed by atoms with Crippen molar-refractivity contribution >= 4 is 11.8 Å². The van der Waals surface area contributed by atoms with E-state index >= 15 is 0 Å². The van der Waals surface area contributed by atoms with Crippen molar-refractivity contribution in [2.24, 2.45) is 0 Å². The maximum atomic E-state index is 11.8. The highest BCUT2D eigenvalue weighted by Gasteiger charge is 2.21. The highest BCUT2D eigenvalue weighted by Crippen LogP contribution is 2.09. The van der Waals surface area contributed by atoms with Crippen LogP contribution in [0, 0.1) is 12.3 Å². The second-order valence-electron chi connectivity index (χ2n) is 5.73. The number of hydrogen-bond donors (Lipinski definition) is 2. The molecule has 118 valence electrons. The quantitative estimate of drug-likeness (QED) is 0.507. The Labute approximate surface area is 128 Å². The van der Waals surface area contributed by atoms with Crippen LogP contribution in [0.1, 0.15) is 70.6 Å². The lowest BCUT2D eigenvalue weighted by atomic mass is 10.1. The van der Waals surface area contributed by atoms with Crippen LogP contribution in [-0.2, 0) is 9.59 Å². The van der Waals surface area contributed by atoms with Crippen molar-refractivity contribution in [2.75, 3.05) is 6.54 Å². The summed E-state index contributed by atoms with van der Waals surface area (Å²) in [5, 5.41) is 5.69. The zero-order valence-corrected chi connectivity index (χ0v) is 13.0. The normalized spacial score (nSPS) is 18.4. The molecule has 0 bridgehead atoms. The molecule has 0 aromatic carbocycles. The topological polar surface area (TPSA) is 58.2 Å². The minimum absolute atomic E-state index is 0.00406. The molecule has 0 saturated carbocycles. The standard InChI is InChI=1S/C17H28N2O2/c1-2-3-4-5-6-7-8-9-13-16(20)19-15-12-10-11-14-18-17(15)21/h1,15H,3-14H2,(H,18,21)(H,19,20)/t15-/m0/s1. The predicted octanol–water partition coefficient (Wildman–Crippen LogP) is 2.53. The zero-order chi connectivity index (χ0) is 15.3. The maximum absolute atomic E-state index is 11.8. The minimum atomic E-state index is -0.330. The van der Waals surface area contributed by atoms with Crippen molar-refractivity contribution in [2.45, 2.75) is 76.7 Å². The molecule has 0 aromatic heterocycles. The molecule has 0 aromatic rings. The second kappa shape index (κ2) is 11.2. The monoisotopic (exact) mass is 292 g/mol. The summed E-state index contributed by atoms with van der Waals surface area (Å²) in [6.45, 7) is 0.727. The molecule has 1 aliphatic heterocycles. The first kappa shape index (κ1) is 17.6. The van der Waals surface area contributed by atoms with Crippen molar-refractivity contribution in [3.8, 4) is 12.3 Å². The van der Waals surface area contributed by atoms with Gasteiger partial charge in [-0.2, -0.15) is 0 Å². The average molecular weight is 292 g/mol. The Morgan fingerprint density at radius 2 is 1.90 bits per heavy atom. The second-order valence-corrected chi connectivity index (χ2v) is 5.73. The zero-order valence-electron chi connectivity index (χ0n) is 13.0. The number of hydrogen-bond acceptors (Lipinski definition) is 2. The van der Waals surface area contributed by atoms with E-state index in [-0.39, 0.29) is 17.9 Å². The van der Waals surface area contributed by atoms with Gasteiger partial charge in [0.15, 0.2) is 0 Å². The molecule has 2 amide bonds. The molecule has 1 saturated heterocycles. The molecule has 1 fully saturated rings. The number of terminal acetylenes is 1. The molecule has 4 nitrogen and oxygen atoms in total. The van der Waals surface area contributed by atoms with E-state index in [0.29, 0.717) is 6.42 Å². The number of carbonyl (C=O) groups is 2. The number of nitrogens with one attached hydrogen (secondary N) is 2. The van der Waals surface area contributed by atoms with Gasteiger partial charge in [-0.05, 0) is 32.1 Å². The fraction of sp³-hybridized carbons (Fsp3) is 0.765. The van der Waals surface area contributed by atoms with E-state index in [0.717, 1.165) is 57.9 Å². The predicted molar refractivity (Wildman–Crippen MR) is 84.6 cm³/mol. The van der Waals surface area contributed by atoms with Crippen LogP contribution in [0.25, 0.3) is 0 Å². The van der Waals surface area contributed by atoms with E-state index in [2.05, 4.69) is 16.6 Å². The third-order valence-electron chi connectivity index (χ3n) is 3.85. The molecule has 1 rings (SSSR count). The van der Waals surface area contributed by atoms with Gasteiger partial charge in [-0.1, -0.05) is 25.7 Å². The average Bonchev–Trinajstić information content (AvgIpc) is 2.67. The highest BCUT2D eigenvalue weighted by molar-refractivity contribution is 5.87. The summed E-state index contributed by atoms with van der Waals surface area (Å²) in [6, 6.07) is -0.330. The molecular formula is C17H28N2O2. The first-order chi connectivity index (χ1) is 10.2. The lowest BCUT2D eigenvalue weighted by Gasteiger charge is -2.15. The van der Waals surface area contributed by atoms with Gasteiger partial charge in [-0.3, -0.25) is 9.59 Å². The Morgan fingerprint density at radius 1 is 1.19 bits per heavy atom. The van der Waals surface area contributed by atoms with Crippen molar-refractivity contribution < 1.29 is 9.59 Å². The summed E-state index contributed by atoms with van der Waals surface area (Å²) in [5.41, 5.74) is 0. The van der Waals surface area contributed by atoms with Crippen LogP contribution in [0.2, 0.25) is 0 Å². The van der Waals surface area contributed by atoms with Gasteiger partial charge in [-0.25, -0.2) is 0 Å². The first-order valence-electron chi connectivity index (χ1n) is 8.24. The summed E-state index contributed by atoms with van der Waals surface area (Å²) in [6.07, 6.45) is 15.9. The number of carbonyl (C=O) groups excluding carboxylic acids is 2. The van der Waals surface area contributed by atoms with Crippen LogP contribution in [0.4, 0.5) is 0 Å². The van der Waals surface area contributed by atoms with Gasteiger partial charge in [0.2, 0.25) is 11.8 Å². The van der Waals surface area contributed by atoms with Crippen LogP contribution in [0.5, 0.6) is 0 Å². The largest absolute Gasteiger partial charge is 0.354 e. The molecular weight excluding hydrogens is 264 g/mol. The molecule has 0 aliphatic carbocycles. The third-order valence-corrected chi connectivity index (χ3v) is 3.85. The van der Waals surface area contributed by atoms with Crippen LogP contribution >= 0.6 is 0 Å². The van der Waals surface area contributed by atoms with Crippen molar-refractivity contribution in [3.63, 3.8) is 0 Å². The number of unbranched alkanes of at least 4 members (excludes halogenated alkanes) is 6. The molecule has 2 N–H and O–H groups in total. The molecule has 4 heteroatoms. The van der Waals surface area contributed by atoms with Crippen LogP contribution in [0.15, 0.2) is 0 Å². The van der Waals surface area contributed by atoms with E-state index in [4.69, 9.17) is 6.42 Å². The van der Waals surface area contributed by atoms with Gasteiger partial charge in [-0.15, -0.1) is 12.3 Å². The van der Waals surface area contributed by atoms with Gasteiger partial charge in [0.25, 0.3) is 0 Å². The van der Waals surface area contributed by atoms with Gasteiger partial charge in [0, 0.05) is 19.4 Å². The van der Waals surface area contributed by atoms with Gasteiger partial charge in [0.05, 0.1) is 0 Å². The first-order valence-corrected chi connectivity index (χ1v) is 8.24. The Bertz CT molecular complexity index is 360. The van der Waals surface area contributed by atoms with Crippen LogP contribution in [0.3, 0.4) is 0 Å². The fourth-order valence-corrected chi connectivity index (χ4v) is 2.56. The molecule has 1 atom stereocenters. The number of rotatable bonds is 9. The Kier molecular flexibility index (Phi) is 9.35. The molecule has 0 spiro atoms. The van der Waals surface area contributed by atoms with Gasteiger partial charge < -0.3 is 10.6 Å². The van der Waals surface area contributed by atoms with Crippen molar-refractivity contribution in [1.82, 2.24) is 10.6 Å². The van der Waals surface area contributed by atoms with Gasteiger partial charge in [0.1, 0.15) is 6.04 Å². The molecule has 0 radical (unpaired) electrons. The van der Waals surface area contributed by atoms with Crippen molar-refractivity contribution in [1.29, 1.82) is 0 Å². The SMILES string of the molecule is C#CCCCCCCCCC(=O)N[C@H]1CCCCNC1=O. The maximum Gasteiger partial charge on any atom is 0.242 e. The Morgan fingerprint density at radius 3 is 2.67 bits per heavy atom. The minimum Gasteiger partial charge on any atom is -0.354 e. The van der Waals surface area contributed by atoms with Crippen molar-refractivity contribution in [3.05, 3.63) is 0 Å². The van der Waals surface area contributed by atoms with E-state index in [9.17, 15) is 9.59 Å². The van der Waals surface area contributed by atoms with E-state index in [1.54, 1.807) is 0 Å². The summed E-state index contributed by atoms with van der Waals surface area (Å²) >= 11 is 0.